The van der Waals surface area contributed by atoms with Gasteiger partial charge in [0.25, 0.3) is 0 Å². The number of carbonyl (C=O) groups is 2. The molecule has 0 aromatic heterocycles. The molecule has 5 nitrogen and oxygen atoms in total. The summed E-state index contributed by atoms with van der Waals surface area (Å²) in [6, 6.07) is 12.2. The van der Waals surface area contributed by atoms with Crippen molar-refractivity contribution in [3.05, 3.63) is 53.1 Å². The van der Waals surface area contributed by atoms with Gasteiger partial charge >= 0.3 is 5.97 Å². The number of esters is 1. The normalized spacial score (nSPS) is 15.9. The molecule has 25 heavy (non-hydrogen) atoms. The number of para-hydroxylation sites is 1. The molecule has 0 aliphatic carbocycles. The van der Waals surface area contributed by atoms with Crippen LogP contribution in [-0.2, 0) is 9.53 Å². The lowest BCUT2D eigenvalue weighted by Crippen LogP contribution is -2.26. The number of hydrogen-bond acceptors (Lipinski definition) is 5. The fraction of sp³-hybridized carbons (Fsp3) is 0.222. The molecule has 3 rings (SSSR count). The molecule has 0 bridgehead atoms. The molecule has 1 N–H and O–H groups in total. The van der Waals surface area contributed by atoms with Gasteiger partial charge in [0, 0.05) is 4.90 Å². The van der Waals surface area contributed by atoms with E-state index in [1.54, 1.807) is 24.3 Å². The Labute approximate surface area is 154 Å². The van der Waals surface area contributed by atoms with E-state index in [4.69, 9.17) is 21.1 Å². The summed E-state index contributed by atoms with van der Waals surface area (Å²) < 4.78 is 10.7. The maximum atomic E-state index is 12.1. The van der Waals surface area contributed by atoms with Gasteiger partial charge in [-0.15, -0.1) is 11.8 Å². The highest BCUT2D eigenvalue weighted by Crippen LogP contribution is 2.36. The van der Waals surface area contributed by atoms with E-state index in [1.165, 1.54) is 11.8 Å². The van der Waals surface area contributed by atoms with E-state index in [-0.39, 0.29) is 24.4 Å². The molecule has 1 heterocycles. The van der Waals surface area contributed by atoms with Crippen LogP contribution >= 0.6 is 23.4 Å². The Morgan fingerprint density at radius 1 is 1.24 bits per heavy atom. The van der Waals surface area contributed by atoms with Crippen LogP contribution in [0.15, 0.2) is 47.4 Å². The van der Waals surface area contributed by atoms with Crippen molar-refractivity contribution in [1.29, 1.82) is 0 Å². The first-order chi connectivity index (χ1) is 12.0. The third kappa shape index (κ3) is 4.27. The van der Waals surface area contributed by atoms with Crippen molar-refractivity contribution < 1.29 is 19.1 Å². The standard InChI is InChI=1S/C18H16ClNO4S/c1-11-17(21)20-14-10-12(6-7-16(14)25-11)18(22)24-9-8-23-15-5-3-2-4-13(15)19/h2-7,10-11H,8-9H2,1H3,(H,20,21). The largest absolute Gasteiger partial charge is 0.488 e. The molecule has 1 aliphatic rings. The quantitative estimate of drug-likeness (QED) is 0.630. The Morgan fingerprint density at radius 2 is 2.04 bits per heavy atom. The van der Waals surface area contributed by atoms with Crippen molar-refractivity contribution in [2.24, 2.45) is 0 Å². The first-order valence-electron chi connectivity index (χ1n) is 7.70. The zero-order chi connectivity index (χ0) is 17.8. The van der Waals surface area contributed by atoms with Gasteiger partial charge < -0.3 is 14.8 Å². The smallest absolute Gasteiger partial charge is 0.338 e. The van der Waals surface area contributed by atoms with Gasteiger partial charge in [-0.25, -0.2) is 4.79 Å². The second-order valence-electron chi connectivity index (χ2n) is 5.38. The first-order valence-corrected chi connectivity index (χ1v) is 8.96. The van der Waals surface area contributed by atoms with Gasteiger partial charge in [-0.3, -0.25) is 4.79 Å². The third-order valence-corrected chi connectivity index (χ3v) is 5.05. The number of nitrogens with one attached hydrogen (secondary N) is 1. The summed E-state index contributed by atoms with van der Waals surface area (Å²) in [6.07, 6.45) is 0. The molecule has 1 unspecified atom stereocenters. The van der Waals surface area contributed by atoms with Crippen LogP contribution in [0.1, 0.15) is 17.3 Å². The minimum Gasteiger partial charge on any atom is -0.488 e. The molecule has 2 aromatic rings. The molecule has 0 radical (unpaired) electrons. The van der Waals surface area contributed by atoms with Crippen LogP contribution in [-0.4, -0.2) is 30.3 Å². The van der Waals surface area contributed by atoms with Gasteiger partial charge in [0.15, 0.2) is 0 Å². The van der Waals surface area contributed by atoms with Gasteiger partial charge in [0.1, 0.15) is 19.0 Å². The second-order valence-corrected chi connectivity index (χ2v) is 7.16. The third-order valence-electron chi connectivity index (χ3n) is 3.56. The topological polar surface area (TPSA) is 64.6 Å². The monoisotopic (exact) mass is 377 g/mol. The van der Waals surface area contributed by atoms with E-state index < -0.39 is 5.97 Å². The molecule has 1 aliphatic heterocycles. The summed E-state index contributed by atoms with van der Waals surface area (Å²) in [6.45, 7) is 2.13. The maximum Gasteiger partial charge on any atom is 0.338 e. The second kappa shape index (κ2) is 7.80. The zero-order valence-corrected chi connectivity index (χ0v) is 15.0. The van der Waals surface area contributed by atoms with Crippen molar-refractivity contribution in [2.45, 2.75) is 17.1 Å². The van der Waals surface area contributed by atoms with Crippen LogP contribution in [0.3, 0.4) is 0 Å². The summed E-state index contributed by atoms with van der Waals surface area (Å²) in [5.41, 5.74) is 1.02. The van der Waals surface area contributed by atoms with E-state index in [1.807, 2.05) is 25.1 Å². The number of carbonyl (C=O) groups excluding carboxylic acids is 2. The van der Waals surface area contributed by atoms with Crippen LogP contribution in [0.5, 0.6) is 5.75 Å². The number of thioether (sulfide) groups is 1. The molecule has 0 saturated heterocycles. The van der Waals surface area contributed by atoms with Crippen LogP contribution in [0.25, 0.3) is 0 Å². The fourth-order valence-electron chi connectivity index (χ4n) is 2.27. The Bertz CT molecular complexity index is 811. The average Bonchev–Trinajstić information content (AvgIpc) is 2.60. The Balaban J connectivity index is 1.54. The predicted molar refractivity (Wildman–Crippen MR) is 97.6 cm³/mol. The summed E-state index contributed by atoms with van der Waals surface area (Å²) in [5.74, 6) is 0.00226. The minimum atomic E-state index is -0.469. The molecular formula is C18H16ClNO4S. The molecular weight excluding hydrogens is 362 g/mol. The Morgan fingerprint density at radius 3 is 2.84 bits per heavy atom. The summed E-state index contributed by atoms with van der Waals surface area (Å²) in [4.78, 5) is 24.8. The van der Waals surface area contributed by atoms with E-state index in [0.717, 1.165) is 4.90 Å². The predicted octanol–water partition coefficient (Wildman–Crippen LogP) is 4.01. The number of benzene rings is 2. The van der Waals surface area contributed by atoms with Crippen LogP contribution in [0.4, 0.5) is 5.69 Å². The number of anilines is 1. The summed E-state index contributed by atoms with van der Waals surface area (Å²) in [7, 11) is 0. The number of hydrogen-bond donors (Lipinski definition) is 1. The summed E-state index contributed by atoms with van der Waals surface area (Å²) >= 11 is 7.45. The highest BCUT2D eigenvalue weighted by atomic mass is 35.5. The van der Waals surface area contributed by atoms with Crippen molar-refractivity contribution in [1.82, 2.24) is 0 Å². The number of rotatable bonds is 5. The van der Waals surface area contributed by atoms with Crippen molar-refractivity contribution in [3.63, 3.8) is 0 Å². The van der Waals surface area contributed by atoms with Gasteiger partial charge in [-0.1, -0.05) is 23.7 Å². The van der Waals surface area contributed by atoms with E-state index >= 15 is 0 Å². The van der Waals surface area contributed by atoms with Crippen LogP contribution in [0.2, 0.25) is 5.02 Å². The molecule has 2 aromatic carbocycles. The number of halogens is 1. The molecule has 0 spiro atoms. The SMILES string of the molecule is CC1Sc2ccc(C(=O)OCCOc3ccccc3Cl)cc2NC1=O. The van der Waals surface area contributed by atoms with E-state index in [0.29, 0.717) is 22.0 Å². The van der Waals surface area contributed by atoms with Crippen molar-refractivity contribution in [2.75, 3.05) is 18.5 Å². The molecule has 0 fully saturated rings. The van der Waals surface area contributed by atoms with Crippen molar-refractivity contribution >= 4 is 40.9 Å². The lowest BCUT2D eigenvalue weighted by molar-refractivity contribution is -0.115. The maximum absolute atomic E-state index is 12.1. The fourth-order valence-corrected chi connectivity index (χ4v) is 3.39. The number of ether oxygens (including phenoxy) is 2. The Hall–Kier alpha value is -2.18. The Kier molecular flexibility index (Phi) is 5.50. The van der Waals surface area contributed by atoms with Gasteiger partial charge in [0.05, 0.1) is 21.5 Å². The summed E-state index contributed by atoms with van der Waals surface area (Å²) in [5, 5.41) is 3.15. The zero-order valence-electron chi connectivity index (χ0n) is 13.5. The average molecular weight is 378 g/mol. The molecule has 130 valence electrons. The highest BCUT2D eigenvalue weighted by molar-refractivity contribution is 8.00. The van der Waals surface area contributed by atoms with Gasteiger partial charge in [0.2, 0.25) is 5.91 Å². The van der Waals surface area contributed by atoms with Crippen LogP contribution < -0.4 is 10.1 Å². The van der Waals surface area contributed by atoms with Gasteiger partial charge in [-0.05, 0) is 37.3 Å². The number of fused-ring (bicyclic) bond motifs is 1. The first kappa shape index (κ1) is 17.6. The highest BCUT2D eigenvalue weighted by Gasteiger charge is 2.24. The van der Waals surface area contributed by atoms with E-state index in [9.17, 15) is 9.59 Å². The molecule has 1 amide bonds. The van der Waals surface area contributed by atoms with Gasteiger partial charge in [-0.2, -0.15) is 0 Å². The molecule has 0 saturated carbocycles. The van der Waals surface area contributed by atoms with Crippen LogP contribution in [0, 0.1) is 0 Å². The van der Waals surface area contributed by atoms with E-state index in [2.05, 4.69) is 5.32 Å². The molecule has 7 heteroatoms. The lowest BCUT2D eigenvalue weighted by Gasteiger charge is -2.21. The molecule has 1 atom stereocenters. The lowest BCUT2D eigenvalue weighted by atomic mass is 10.2. The van der Waals surface area contributed by atoms with Crippen molar-refractivity contribution in [3.8, 4) is 5.75 Å². The number of amides is 1. The minimum absolute atomic E-state index is 0.0730.